The Labute approximate surface area is 163 Å². The summed E-state index contributed by atoms with van der Waals surface area (Å²) in [5.41, 5.74) is 3.72. The van der Waals surface area contributed by atoms with E-state index in [9.17, 15) is 13.2 Å². The number of nitrogens with zero attached hydrogens (tertiary/aromatic N) is 1. The Bertz CT molecular complexity index is 1070. The van der Waals surface area contributed by atoms with Crippen molar-refractivity contribution in [2.75, 3.05) is 15.4 Å². The van der Waals surface area contributed by atoms with Crippen molar-refractivity contribution < 1.29 is 13.2 Å². The molecule has 4 N–H and O–H groups in total. The first-order valence-corrected chi connectivity index (χ1v) is 10.0. The first-order valence-electron chi connectivity index (χ1n) is 8.54. The van der Waals surface area contributed by atoms with Crippen molar-refractivity contribution in [3.63, 3.8) is 0 Å². The summed E-state index contributed by atoms with van der Waals surface area (Å²) in [4.78, 5) is 11.2. The molecule has 0 spiro atoms. The van der Waals surface area contributed by atoms with Gasteiger partial charge in [0.15, 0.2) is 0 Å². The molecule has 9 heteroatoms. The average molecular weight is 399 g/mol. The van der Waals surface area contributed by atoms with Crippen LogP contribution < -0.4 is 15.4 Å². The second kappa shape index (κ2) is 7.73. The Morgan fingerprint density at radius 1 is 0.893 bits per heavy atom. The second-order valence-electron chi connectivity index (χ2n) is 6.33. The van der Waals surface area contributed by atoms with Crippen LogP contribution in [0, 0.1) is 13.8 Å². The smallest absolute Gasteiger partial charge is 0.265 e. The molecule has 0 aliphatic heterocycles. The molecule has 3 aromatic rings. The van der Waals surface area contributed by atoms with E-state index in [-0.39, 0.29) is 10.8 Å². The summed E-state index contributed by atoms with van der Waals surface area (Å²) in [7, 11) is -3.72. The van der Waals surface area contributed by atoms with Crippen molar-refractivity contribution in [2.24, 2.45) is 0 Å². The van der Waals surface area contributed by atoms with Crippen molar-refractivity contribution >= 4 is 38.7 Å². The molecule has 0 saturated carbocycles. The van der Waals surface area contributed by atoms with E-state index in [2.05, 4.69) is 25.6 Å². The molecule has 146 valence electrons. The fourth-order valence-electron chi connectivity index (χ4n) is 2.77. The van der Waals surface area contributed by atoms with E-state index in [0.717, 1.165) is 11.4 Å². The molecule has 0 saturated heterocycles. The summed E-state index contributed by atoms with van der Waals surface area (Å²) < 4.78 is 27.7. The molecule has 1 heterocycles. The molecule has 28 heavy (non-hydrogen) atoms. The fourth-order valence-corrected chi connectivity index (χ4v) is 4.20. The SMILES string of the molecule is CC(=O)Nc1ccc(Nc2ccc(NS(=O)(=O)c3c(C)n[nH]c3C)cc2)cc1. The van der Waals surface area contributed by atoms with Crippen LogP contribution in [-0.2, 0) is 14.8 Å². The predicted molar refractivity (Wildman–Crippen MR) is 109 cm³/mol. The average Bonchev–Trinajstić information content (AvgIpc) is 2.97. The van der Waals surface area contributed by atoms with E-state index in [1.165, 1.54) is 6.92 Å². The van der Waals surface area contributed by atoms with Gasteiger partial charge in [-0.2, -0.15) is 5.10 Å². The van der Waals surface area contributed by atoms with Crippen molar-refractivity contribution in [1.29, 1.82) is 0 Å². The van der Waals surface area contributed by atoms with Crippen molar-refractivity contribution in [3.8, 4) is 0 Å². The summed E-state index contributed by atoms with van der Waals surface area (Å²) in [6, 6.07) is 14.2. The van der Waals surface area contributed by atoms with Gasteiger partial charge < -0.3 is 10.6 Å². The van der Waals surface area contributed by atoms with Crippen LogP contribution in [0.2, 0.25) is 0 Å². The number of aromatic nitrogens is 2. The van der Waals surface area contributed by atoms with Gasteiger partial charge in [-0.25, -0.2) is 8.42 Å². The predicted octanol–water partition coefficient (Wildman–Crippen LogP) is 3.53. The number of aryl methyl sites for hydroxylation is 2. The van der Waals surface area contributed by atoms with E-state index in [1.807, 2.05) is 12.1 Å². The number of sulfonamides is 1. The molecule has 0 aliphatic rings. The molecule has 0 unspecified atom stereocenters. The molecule has 0 aliphatic carbocycles. The van der Waals surface area contributed by atoms with Gasteiger partial charge in [0, 0.05) is 29.7 Å². The van der Waals surface area contributed by atoms with E-state index in [0.29, 0.717) is 22.8 Å². The van der Waals surface area contributed by atoms with Crippen LogP contribution >= 0.6 is 0 Å². The maximum absolute atomic E-state index is 12.6. The Morgan fingerprint density at radius 2 is 1.39 bits per heavy atom. The zero-order valence-corrected chi connectivity index (χ0v) is 16.5. The summed E-state index contributed by atoms with van der Waals surface area (Å²) in [5.74, 6) is -0.125. The first kappa shape index (κ1) is 19.4. The number of rotatable bonds is 6. The summed E-state index contributed by atoms with van der Waals surface area (Å²) >= 11 is 0. The van der Waals surface area contributed by atoms with Crippen molar-refractivity contribution in [2.45, 2.75) is 25.7 Å². The first-order chi connectivity index (χ1) is 13.2. The third-order valence-corrected chi connectivity index (χ3v) is 5.60. The normalized spacial score (nSPS) is 11.1. The largest absolute Gasteiger partial charge is 0.356 e. The number of anilines is 4. The summed E-state index contributed by atoms with van der Waals surface area (Å²) in [6.45, 7) is 4.76. The molecular formula is C19H21N5O3S. The summed E-state index contributed by atoms with van der Waals surface area (Å²) in [5, 5.41) is 12.5. The number of benzene rings is 2. The van der Waals surface area contributed by atoms with E-state index in [1.54, 1.807) is 50.2 Å². The van der Waals surface area contributed by atoms with Gasteiger partial charge in [-0.15, -0.1) is 0 Å². The Balaban J connectivity index is 1.69. The van der Waals surface area contributed by atoms with Gasteiger partial charge in [-0.05, 0) is 62.4 Å². The minimum Gasteiger partial charge on any atom is -0.356 e. The number of carbonyl (C=O) groups excluding carboxylic acids is 1. The van der Waals surface area contributed by atoms with Crippen LogP contribution in [0.15, 0.2) is 53.4 Å². The van der Waals surface area contributed by atoms with E-state index < -0.39 is 10.0 Å². The Kier molecular flexibility index (Phi) is 5.36. The third-order valence-electron chi connectivity index (χ3n) is 3.96. The highest BCUT2D eigenvalue weighted by molar-refractivity contribution is 7.92. The molecule has 1 amide bonds. The number of hydrogen-bond donors (Lipinski definition) is 4. The molecular weight excluding hydrogens is 378 g/mol. The Hall–Kier alpha value is -3.33. The van der Waals surface area contributed by atoms with Gasteiger partial charge in [0.25, 0.3) is 10.0 Å². The standard InChI is InChI=1S/C19H21N5O3S/c1-12-19(13(2)23-22-12)28(26,27)24-18-10-8-17(9-11-18)21-16-6-4-15(5-7-16)20-14(3)25/h4-11,21,24H,1-3H3,(H,20,25)(H,22,23). The highest BCUT2D eigenvalue weighted by atomic mass is 32.2. The molecule has 1 aromatic heterocycles. The number of H-pyrrole nitrogens is 1. The maximum Gasteiger partial charge on any atom is 0.265 e. The van der Waals surface area contributed by atoms with Crippen molar-refractivity contribution in [1.82, 2.24) is 10.2 Å². The van der Waals surface area contributed by atoms with Crippen molar-refractivity contribution in [3.05, 3.63) is 59.9 Å². The van der Waals surface area contributed by atoms with E-state index >= 15 is 0 Å². The zero-order chi connectivity index (χ0) is 20.3. The third kappa shape index (κ3) is 4.49. The topological polar surface area (TPSA) is 116 Å². The second-order valence-corrected chi connectivity index (χ2v) is 7.95. The number of amides is 1. The van der Waals surface area contributed by atoms with Crippen LogP contribution in [0.4, 0.5) is 22.7 Å². The van der Waals surface area contributed by atoms with Crippen LogP contribution in [0.1, 0.15) is 18.3 Å². The lowest BCUT2D eigenvalue weighted by Crippen LogP contribution is -2.14. The van der Waals surface area contributed by atoms with Crippen LogP contribution in [0.3, 0.4) is 0 Å². The number of nitrogens with one attached hydrogen (secondary N) is 4. The minimum atomic E-state index is -3.72. The van der Waals surface area contributed by atoms with Gasteiger partial charge >= 0.3 is 0 Å². The molecule has 3 rings (SSSR count). The molecule has 0 bridgehead atoms. The van der Waals surface area contributed by atoms with Crippen LogP contribution in [0.5, 0.6) is 0 Å². The van der Waals surface area contributed by atoms with Gasteiger partial charge in [-0.1, -0.05) is 0 Å². The molecule has 0 fully saturated rings. The van der Waals surface area contributed by atoms with E-state index in [4.69, 9.17) is 0 Å². The van der Waals surface area contributed by atoms with Gasteiger partial charge in [0.2, 0.25) is 5.91 Å². The highest BCUT2D eigenvalue weighted by Gasteiger charge is 2.22. The molecule has 2 aromatic carbocycles. The van der Waals surface area contributed by atoms with Gasteiger partial charge in [-0.3, -0.25) is 14.6 Å². The fraction of sp³-hybridized carbons (Fsp3) is 0.158. The molecule has 8 nitrogen and oxygen atoms in total. The van der Waals surface area contributed by atoms with Crippen LogP contribution in [0.25, 0.3) is 0 Å². The lowest BCUT2D eigenvalue weighted by Gasteiger charge is -2.11. The lowest BCUT2D eigenvalue weighted by molar-refractivity contribution is -0.114. The summed E-state index contributed by atoms with van der Waals surface area (Å²) in [6.07, 6.45) is 0. The number of hydrogen-bond acceptors (Lipinski definition) is 5. The number of aromatic amines is 1. The molecule has 0 radical (unpaired) electrons. The van der Waals surface area contributed by atoms with Gasteiger partial charge in [0.05, 0.1) is 11.4 Å². The molecule has 0 atom stereocenters. The van der Waals surface area contributed by atoms with Crippen LogP contribution in [-0.4, -0.2) is 24.5 Å². The minimum absolute atomic E-state index is 0.125. The zero-order valence-electron chi connectivity index (χ0n) is 15.7. The highest BCUT2D eigenvalue weighted by Crippen LogP contribution is 2.24. The van der Waals surface area contributed by atoms with Gasteiger partial charge in [0.1, 0.15) is 4.90 Å². The number of carbonyl (C=O) groups is 1. The quantitative estimate of drug-likeness (QED) is 0.506. The monoisotopic (exact) mass is 399 g/mol. The Morgan fingerprint density at radius 3 is 1.86 bits per heavy atom. The maximum atomic E-state index is 12.6. The lowest BCUT2D eigenvalue weighted by atomic mass is 10.2.